The number of nitrogens with one attached hydrogen (secondary N) is 2. The first-order valence-corrected chi connectivity index (χ1v) is 7.54. The van der Waals surface area contributed by atoms with Gasteiger partial charge < -0.3 is 9.88 Å². The second-order valence-corrected chi connectivity index (χ2v) is 5.81. The summed E-state index contributed by atoms with van der Waals surface area (Å²) < 4.78 is 2.02. The third-order valence-corrected chi connectivity index (χ3v) is 3.96. The van der Waals surface area contributed by atoms with E-state index < -0.39 is 0 Å². The molecule has 6 nitrogen and oxygen atoms in total. The largest absolute Gasteiger partial charge is 0.350 e. The molecular formula is C15H21N5O. The van der Waals surface area contributed by atoms with Gasteiger partial charge in [-0.15, -0.1) is 0 Å². The van der Waals surface area contributed by atoms with Gasteiger partial charge in [0, 0.05) is 36.7 Å². The Labute approximate surface area is 124 Å². The summed E-state index contributed by atoms with van der Waals surface area (Å²) >= 11 is 0. The molecule has 1 amide bonds. The molecule has 2 aromatic rings. The molecule has 1 aliphatic rings. The quantitative estimate of drug-likeness (QED) is 0.876. The maximum absolute atomic E-state index is 12.3. The zero-order valence-corrected chi connectivity index (χ0v) is 12.3. The Kier molecular flexibility index (Phi) is 4.03. The highest BCUT2D eigenvalue weighted by Gasteiger charge is 2.21. The molecule has 21 heavy (non-hydrogen) atoms. The van der Waals surface area contributed by atoms with E-state index in [-0.39, 0.29) is 5.91 Å². The Balaban J connectivity index is 1.55. The van der Waals surface area contributed by atoms with Gasteiger partial charge in [-0.25, -0.2) is 4.98 Å². The molecule has 0 bridgehead atoms. The first kappa shape index (κ1) is 13.9. The smallest absolute Gasteiger partial charge is 0.272 e. The molecule has 0 fully saturated rings. The molecule has 1 unspecified atom stereocenters. The highest BCUT2D eigenvalue weighted by atomic mass is 16.1. The number of hydrogen-bond donors (Lipinski definition) is 2. The fraction of sp³-hybridized carbons (Fsp3) is 0.533. The van der Waals surface area contributed by atoms with Crippen molar-refractivity contribution in [2.75, 3.05) is 6.54 Å². The van der Waals surface area contributed by atoms with Crippen molar-refractivity contribution in [3.63, 3.8) is 0 Å². The minimum absolute atomic E-state index is 0.0631. The minimum Gasteiger partial charge on any atom is -0.350 e. The second kappa shape index (κ2) is 6.11. The number of hydrogen-bond acceptors (Lipinski definition) is 3. The van der Waals surface area contributed by atoms with Gasteiger partial charge in [-0.05, 0) is 31.6 Å². The van der Waals surface area contributed by atoms with Gasteiger partial charge in [0.25, 0.3) is 5.91 Å². The Morgan fingerprint density at radius 2 is 2.33 bits per heavy atom. The van der Waals surface area contributed by atoms with E-state index in [1.165, 1.54) is 6.42 Å². The Hall–Kier alpha value is -2.11. The number of amides is 1. The summed E-state index contributed by atoms with van der Waals surface area (Å²) in [6.07, 6.45) is 9.78. The van der Waals surface area contributed by atoms with E-state index in [1.807, 2.05) is 10.8 Å². The molecule has 6 heteroatoms. The number of nitrogens with zero attached hydrogens (tertiary/aromatic N) is 3. The van der Waals surface area contributed by atoms with Crippen LogP contribution in [0.5, 0.6) is 0 Å². The van der Waals surface area contributed by atoms with Crippen LogP contribution in [0.3, 0.4) is 0 Å². The summed E-state index contributed by atoms with van der Waals surface area (Å²) in [5.74, 6) is 0.282. The molecule has 3 rings (SSSR count). The van der Waals surface area contributed by atoms with Gasteiger partial charge in [-0.2, -0.15) is 5.10 Å². The van der Waals surface area contributed by atoms with Crippen LogP contribution in [0, 0.1) is 5.92 Å². The lowest BCUT2D eigenvalue weighted by Crippen LogP contribution is -2.30. The molecule has 1 atom stereocenters. The van der Waals surface area contributed by atoms with Crippen LogP contribution in [0.1, 0.15) is 41.5 Å². The number of fused-ring (bicyclic) bond motifs is 1. The summed E-state index contributed by atoms with van der Waals surface area (Å²) in [4.78, 5) is 16.3. The lowest BCUT2D eigenvalue weighted by atomic mass is 9.96. The highest BCUT2D eigenvalue weighted by molar-refractivity contribution is 5.94. The summed E-state index contributed by atoms with van der Waals surface area (Å²) in [6.45, 7) is 3.60. The van der Waals surface area contributed by atoms with Gasteiger partial charge in [-0.1, -0.05) is 6.92 Å². The van der Waals surface area contributed by atoms with Crippen LogP contribution < -0.4 is 5.32 Å². The average Bonchev–Trinajstić information content (AvgIpc) is 3.13. The van der Waals surface area contributed by atoms with Crippen LogP contribution in [-0.2, 0) is 19.4 Å². The van der Waals surface area contributed by atoms with E-state index in [2.05, 4.69) is 27.4 Å². The van der Waals surface area contributed by atoms with Crippen molar-refractivity contribution < 1.29 is 4.79 Å². The van der Waals surface area contributed by atoms with Crippen LogP contribution in [0.4, 0.5) is 0 Å². The van der Waals surface area contributed by atoms with Crippen molar-refractivity contribution in [2.24, 2.45) is 5.92 Å². The van der Waals surface area contributed by atoms with Crippen molar-refractivity contribution in [1.82, 2.24) is 25.1 Å². The first-order valence-electron chi connectivity index (χ1n) is 7.54. The zero-order chi connectivity index (χ0) is 14.7. The maximum atomic E-state index is 12.3. The Bertz CT molecular complexity index is 602. The molecule has 0 radical (unpaired) electrons. The SMILES string of the molecule is CC(CNC(=O)c1n[nH]c2c1CCCC2)Cn1ccnc1. The van der Waals surface area contributed by atoms with Crippen LogP contribution in [0.2, 0.25) is 0 Å². The van der Waals surface area contributed by atoms with Crippen LogP contribution in [0.25, 0.3) is 0 Å². The normalized spacial score (nSPS) is 15.5. The number of imidazole rings is 1. The third-order valence-electron chi connectivity index (χ3n) is 3.96. The molecule has 0 spiro atoms. The molecule has 112 valence electrons. The van der Waals surface area contributed by atoms with E-state index in [0.29, 0.717) is 18.2 Å². The van der Waals surface area contributed by atoms with Gasteiger partial charge >= 0.3 is 0 Å². The lowest BCUT2D eigenvalue weighted by Gasteiger charge is -2.14. The highest BCUT2D eigenvalue weighted by Crippen LogP contribution is 2.21. The molecular weight excluding hydrogens is 266 g/mol. The number of rotatable bonds is 5. The predicted octanol–water partition coefficient (Wildman–Crippen LogP) is 1.55. The topological polar surface area (TPSA) is 75.6 Å². The monoisotopic (exact) mass is 287 g/mol. The van der Waals surface area contributed by atoms with Crippen molar-refractivity contribution >= 4 is 5.91 Å². The number of aromatic amines is 1. The van der Waals surface area contributed by atoms with Gasteiger partial charge in [-0.3, -0.25) is 9.89 Å². The van der Waals surface area contributed by atoms with Crippen LogP contribution in [0.15, 0.2) is 18.7 Å². The van der Waals surface area contributed by atoms with Gasteiger partial charge in [0.1, 0.15) is 0 Å². The number of carbonyl (C=O) groups excluding carboxylic acids is 1. The Morgan fingerprint density at radius 1 is 1.48 bits per heavy atom. The van der Waals surface area contributed by atoms with Gasteiger partial charge in [0.2, 0.25) is 0 Å². The molecule has 0 aliphatic heterocycles. The first-order chi connectivity index (χ1) is 10.2. The van der Waals surface area contributed by atoms with E-state index >= 15 is 0 Å². The molecule has 2 aromatic heterocycles. The van der Waals surface area contributed by atoms with E-state index in [9.17, 15) is 4.79 Å². The van der Waals surface area contributed by atoms with E-state index in [0.717, 1.165) is 37.1 Å². The third kappa shape index (κ3) is 3.15. The number of H-pyrrole nitrogens is 1. The van der Waals surface area contributed by atoms with Crippen LogP contribution in [-0.4, -0.2) is 32.2 Å². The zero-order valence-electron chi connectivity index (χ0n) is 12.3. The number of aryl methyl sites for hydroxylation is 1. The number of aromatic nitrogens is 4. The van der Waals surface area contributed by atoms with Crippen LogP contribution >= 0.6 is 0 Å². The summed E-state index contributed by atoms with van der Waals surface area (Å²) in [5.41, 5.74) is 2.83. The standard InChI is InChI=1S/C15H21N5O/c1-11(9-20-7-6-16-10-20)8-17-15(21)14-12-4-2-3-5-13(12)18-19-14/h6-7,10-11H,2-5,8-9H2,1H3,(H,17,21)(H,18,19). The summed E-state index contributed by atoms with van der Waals surface area (Å²) in [7, 11) is 0. The molecule has 0 aromatic carbocycles. The molecule has 1 aliphatic carbocycles. The minimum atomic E-state index is -0.0631. The van der Waals surface area contributed by atoms with Gasteiger partial charge in [0.15, 0.2) is 5.69 Å². The average molecular weight is 287 g/mol. The lowest BCUT2D eigenvalue weighted by molar-refractivity contribution is 0.0940. The van der Waals surface area contributed by atoms with Gasteiger partial charge in [0.05, 0.1) is 6.33 Å². The van der Waals surface area contributed by atoms with Crippen molar-refractivity contribution in [1.29, 1.82) is 0 Å². The summed E-state index contributed by atoms with van der Waals surface area (Å²) in [6, 6.07) is 0. The summed E-state index contributed by atoms with van der Waals surface area (Å²) in [5, 5.41) is 10.2. The molecule has 0 saturated heterocycles. The van der Waals surface area contributed by atoms with E-state index in [1.54, 1.807) is 12.5 Å². The molecule has 0 saturated carbocycles. The fourth-order valence-electron chi connectivity index (χ4n) is 2.84. The van der Waals surface area contributed by atoms with Crippen molar-refractivity contribution in [2.45, 2.75) is 39.2 Å². The predicted molar refractivity (Wildman–Crippen MR) is 79.0 cm³/mol. The maximum Gasteiger partial charge on any atom is 0.272 e. The fourth-order valence-corrected chi connectivity index (χ4v) is 2.84. The Morgan fingerprint density at radius 3 is 3.14 bits per heavy atom. The number of carbonyl (C=O) groups is 1. The second-order valence-electron chi connectivity index (χ2n) is 5.81. The van der Waals surface area contributed by atoms with E-state index in [4.69, 9.17) is 0 Å². The molecule has 2 N–H and O–H groups in total. The van der Waals surface area contributed by atoms with Crippen molar-refractivity contribution in [3.05, 3.63) is 35.7 Å². The molecule has 2 heterocycles. The van der Waals surface area contributed by atoms with Crippen molar-refractivity contribution in [3.8, 4) is 0 Å².